The summed E-state index contributed by atoms with van der Waals surface area (Å²) in [4.78, 5) is 23.6. The van der Waals surface area contributed by atoms with Crippen LogP contribution in [0.3, 0.4) is 0 Å². The normalized spacial score (nSPS) is 10.2. The molecule has 0 saturated carbocycles. The van der Waals surface area contributed by atoms with Gasteiger partial charge in [0, 0.05) is 0 Å². The lowest BCUT2D eigenvalue weighted by Gasteiger charge is -2.05. The Morgan fingerprint density at radius 2 is 2.06 bits per heavy atom. The van der Waals surface area contributed by atoms with Crippen molar-refractivity contribution in [3.05, 3.63) is 45.7 Å². The molecule has 0 radical (unpaired) electrons. The summed E-state index contributed by atoms with van der Waals surface area (Å²) in [5.41, 5.74) is 1.72. The lowest BCUT2D eigenvalue weighted by atomic mass is 10.3. The van der Waals surface area contributed by atoms with E-state index in [1.54, 1.807) is 12.3 Å². The van der Waals surface area contributed by atoms with Crippen LogP contribution in [0.5, 0.6) is 0 Å². The Labute approximate surface area is 117 Å². The van der Waals surface area contributed by atoms with E-state index < -0.39 is 0 Å². The van der Waals surface area contributed by atoms with Crippen LogP contribution in [-0.2, 0) is 0 Å². The van der Waals surface area contributed by atoms with Crippen molar-refractivity contribution in [2.24, 2.45) is 0 Å². The molecule has 0 unspecified atom stereocenters. The molecule has 1 amide bonds. The molecule has 0 spiro atoms. The minimum Gasteiger partial charge on any atom is -0.319 e. The van der Waals surface area contributed by atoms with Crippen LogP contribution in [-0.4, -0.2) is 20.9 Å². The van der Waals surface area contributed by atoms with Gasteiger partial charge >= 0.3 is 0 Å². The summed E-state index contributed by atoms with van der Waals surface area (Å²) in [6.07, 6.45) is 4.19. The molecule has 7 heteroatoms. The number of aromatic nitrogens is 3. The van der Waals surface area contributed by atoms with E-state index in [4.69, 9.17) is 11.6 Å². The molecule has 2 aromatic rings. The number of pyridine rings is 1. The van der Waals surface area contributed by atoms with Gasteiger partial charge in [-0.05, 0) is 34.5 Å². The fourth-order valence-corrected chi connectivity index (χ4v) is 1.57. The average molecular weight is 328 g/mol. The molecule has 18 heavy (non-hydrogen) atoms. The SMILES string of the molecule is Cc1cc(NC(=O)c2cnc(Cl)cn2)cnc1Br. The number of hydrogen-bond acceptors (Lipinski definition) is 4. The summed E-state index contributed by atoms with van der Waals surface area (Å²) in [7, 11) is 0. The number of hydrogen-bond donors (Lipinski definition) is 1. The maximum absolute atomic E-state index is 11.8. The molecular weight excluding hydrogens is 320 g/mol. The third-order valence-corrected chi connectivity index (χ3v) is 3.15. The zero-order valence-electron chi connectivity index (χ0n) is 9.32. The van der Waals surface area contributed by atoms with Crippen LogP contribution in [0.2, 0.25) is 5.15 Å². The second-order valence-corrected chi connectivity index (χ2v) is 4.65. The van der Waals surface area contributed by atoms with Crippen molar-refractivity contribution < 1.29 is 4.79 Å². The van der Waals surface area contributed by atoms with Gasteiger partial charge in [-0.15, -0.1) is 0 Å². The second-order valence-electron chi connectivity index (χ2n) is 3.51. The van der Waals surface area contributed by atoms with E-state index in [-0.39, 0.29) is 16.8 Å². The Morgan fingerprint density at radius 3 is 2.67 bits per heavy atom. The van der Waals surface area contributed by atoms with Gasteiger partial charge in [0.05, 0.1) is 24.3 Å². The quantitative estimate of drug-likeness (QED) is 0.861. The van der Waals surface area contributed by atoms with Crippen molar-refractivity contribution in [2.75, 3.05) is 5.32 Å². The summed E-state index contributed by atoms with van der Waals surface area (Å²) in [5, 5.41) is 2.92. The highest BCUT2D eigenvalue weighted by molar-refractivity contribution is 9.10. The molecule has 5 nitrogen and oxygen atoms in total. The fourth-order valence-electron chi connectivity index (χ4n) is 1.25. The van der Waals surface area contributed by atoms with Gasteiger partial charge in [0.25, 0.3) is 5.91 Å². The van der Waals surface area contributed by atoms with Crippen molar-refractivity contribution in [2.45, 2.75) is 6.92 Å². The third kappa shape index (κ3) is 3.02. The second kappa shape index (κ2) is 5.41. The molecular formula is C11H8BrClN4O. The van der Waals surface area contributed by atoms with Crippen LogP contribution in [0.25, 0.3) is 0 Å². The number of amides is 1. The lowest BCUT2D eigenvalue weighted by molar-refractivity contribution is 0.102. The molecule has 2 heterocycles. The third-order valence-electron chi connectivity index (χ3n) is 2.13. The van der Waals surface area contributed by atoms with Crippen LogP contribution < -0.4 is 5.32 Å². The summed E-state index contributed by atoms with van der Waals surface area (Å²) in [5.74, 6) is -0.359. The maximum Gasteiger partial charge on any atom is 0.275 e. The number of anilines is 1. The molecule has 0 aliphatic rings. The first-order chi connectivity index (χ1) is 8.56. The fraction of sp³-hybridized carbons (Fsp3) is 0.0909. The molecule has 2 rings (SSSR count). The summed E-state index contributed by atoms with van der Waals surface area (Å²) in [6, 6.07) is 1.80. The standard InChI is InChI=1S/C11H8BrClN4O/c1-6-2-7(3-16-10(6)12)17-11(18)8-4-15-9(13)5-14-8/h2-5H,1H3,(H,17,18). The van der Waals surface area contributed by atoms with E-state index in [0.717, 1.165) is 10.2 Å². The molecule has 0 fully saturated rings. The molecule has 1 N–H and O–H groups in total. The number of aryl methyl sites for hydroxylation is 1. The minimum absolute atomic E-state index is 0.194. The Balaban J connectivity index is 2.16. The number of carbonyl (C=O) groups excluding carboxylic acids is 1. The van der Waals surface area contributed by atoms with Gasteiger partial charge in [0.15, 0.2) is 0 Å². The number of nitrogens with zero attached hydrogens (tertiary/aromatic N) is 3. The Kier molecular flexibility index (Phi) is 3.88. The van der Waals surface area contributed by atoms with Gasteiger partial charge < -0.3 is 5.32 Å². The molecule has 0 saturated heterocycles. The predicted molar refractivity (Wildman–Crippen MR) is 71.7 cm³/mol. The highest BCUT2D eigenvalue weighted by Crippen LogP contribution is 2.17. The number of rotatable bonds is 2. The smallest absolute Gasteiger partial charge is 0.275 e. The van der Waals surface area contributed by atoms with E-state index in [1.165, 1.54) is 12.4 Å². The Morgan fingerprint density at radius 1 is 1.28 bits per heavy atom. The van der Waals surface area contributed by atoms with Gasteiger partial charge in [0.1, 0.15) is 15.5 Å². The minimum atomic E-state index is -0.359. The maximum atomic E-state index is 11.8. The van der Waals surface area contributed by atoms with Gasteiger partial charge in [-0.2, -0.15) is 0 Å². The van der Waals surface area contributed by atoms with Crippen molar-refractivity contribution in [3.63, 3.8) is 0 Å². The van der Waals surface area contributed by atoms with Gasteiger partial charge in [-0.3, -0.25) is 4.79 Å². The van der Waals surface area contributed by atoms with Gasteiger partial charge in [-0.25, -0.2) is 15.0 Å². The van der Waals surface area contributed by atoms with E-state index in [9.17, 15) is 4.79 Å². The van der Waals surface area contributed by atoms with E-state index in [0.29, 0.717) is 5.69 Å². The molecule has 0 bridgehead atoms. The van der Waals surface area contributed by atoms with E-state index in [2.05, 4.69) is 36.2 Å². The van der Waals surface area contributed by atoms with Crippen molar-refractivity contribution in [1.29, 1.82) is 0 Å². The topological polar surface area (TPSA) is 67.8 Å². The molecule has 0 aliphatic heterocycles. The largest absolute Gasteiger partial charge is 0.319 e. The molecule has 0 aromatic carbocycles. The zero-order valence-corrected chi connectivity index (χ0v) is 11.7. The molecule has 0 aliphatic carbocycles. The van der Waals surface area contributed by atoms with Crippen molar-refractivity contribution in [1.82, 2.24) is 15.0 Å². The van der Waals surface area contributed by atoms with Crippen LogP contribution in [0.15, 0.2) is 29.3 Å². The first-order valence-corrected chi connectivity index (χ1v) is 6.14. The summed E-state index contributed by atoms with van der Waals surface area (Å²) < 4.78 is 0.742. The summed E-state index contributed by atoms with van der Waals surface area (Å²) in [6.45, 7) is 1.88. The first-order valence-electron chi connectivity index (χ1n) is 4.97. The van der Waals surface area contributed by atoms with E-state index in [1.807, 2.05) is 6.92 Å². The zero-order chi connectivity index (χ0) is 13.1. The summed E-state index contributed by atoms with van der Waals surface area (Å²) >= 11 is 8.88. The van der Waals surface area contributed by atoms with Gasteiger partial charge in [-0.1, -0.05) is 11.6 Å². The first kappa shape index (κ1) is 12.9. The van der Waals surface area contributed by atoms with Crippen LogP contribution >= 0.6 is 27.5 Å². The molecule has 92 valence electrons. The van der Waals surface area contributed by atoms with Crippen LogP contribution in [0, 0.1) is 6.92 Å². The molecule has 0 atom stereocenters. The number of carbonyl (C=O) groups is 1. The highest BCUT2D eigenvalue weighted by Gasteiger charge is 2.09. The number of halogens is 2. The van der Waals surface area contributed by atoms with Crippen molar-refractivity contribution >= 4 is 39.1 Å². The monoisotopic (exact) mass is 326 g/mol. The van der Waals surface area contributed by atoms with E-state index >= 15 is 0 Å². The lowest BCUT2D eigenvalue weighted by Crippen LogP contribution is -2.14. The number of nitrogens with one attached hydrogen (secondary N) is 1. The molecule has 2 aromatic heterocycles. The van der Waals surface area contributed by atoms with Crippen LogP contribution in [0.4, 0.5) is 5.69 Å². The van der Waals surface area contributed by atoms with Crippen LogP contribution in [0.1, 0.15) is 16.1 Å². The predicted octanol–water partition coefficient (Wildman–Crippen LogP) is 2.85. The average Bonchev–Trinajstić information content (AvgIpc) is 2.34. The Hall–Kier alpha value is -1.53. The highest BCUT2D eigenvalue weighted by atomic mass is 79.9. The van der Waals surface area contributed by atoms with Crippen molar-refractivity contribution in [3.8, 4) is 0 Å². The van der Waals surface area contributed by atoms with Gasteiger partial charge in [0.2, 0.25) is 0 Å². The Bertz CT molecular complexity index is 588.